The number of methoxy groups -OCH3 is 1. The van der Waals surface area contributed by atoms with Crippen molar-refractivity contribution in [1.82, 2.24) is 14.9 Å². The van der Waals surface area contributed by atoms with Gasteiger partial charge < -0.3 is 14.6 Å². The minimum absolute atomic E-state index is 0.103. The van der Waals surface area contributed by atoms with E-state index in [2.05, 4.69) is 10.3 Å². The largest absolute Gasteiger partial charge is 0.494 e. The summed E-state index contributed by atoms with van der Waals surface area (Å²) in [5.41, 5.74) is 0.184. The van der Waals surface area contributed by atoms with Crippen molar-refractivity contribution >= 4 is 17.5 Å². The average Bonchev–Trinajstić information content (AvgIpc) is 2.87. The Kier molecular flexibility index (Phi) is 4.80. The van der Waals surface area contributed by atoms with Gasteiger partial charge in [0.1, 0.15) is 5.82 Å². The molecular weight excluding hydrogens is 297 g/mol. The highest BCUT2D eigenvalue weighted by atomic mass is 35.5. The Balaban J connectivity index is 2.35. The number of carbonyl (C=O) groups excluding carboxylic acids is 1. The van der Waals surface area contributed by atoms with Gasteiger partial charge in [-0.2, -0.15) is 0 Å². The van der Waals surface area contributed by atoms with E-state index in [0.717, 1.165) is 0 Å². The van der Waals surface area contributed by atoms with E-state index in [9.17, 15) is 9.18 Å². The Hall–Kier alpha value is -2.08. The van der Waals surface area contributed by atoms with Gasteiger partial charge in [-0.3, -0.25) is 4.79 Å². The van der Waals surface area contributed by atoms with Crippen molar-refractivity contribution in [1.29, 1.82) is 0 Å². The molecule has 7 heteroatoms. The van der Waals surface area contributed by atoms with E-state index in [0.29, 0.717) is 18.9 Å². The SMILES string of the molecule is COc1ccc(Cl)c(-c2nccn2CCNC(C)=O)c1F. The molecule has 0 saturated carbocycles. The van der Waals surface area contributed by atoms with Crippen molar-refractivity contribution in [3.63, 3.8) is 0 Å². The molecule has 0 aliphatic heterocycles. The maximum Gasteiger partial charge on any atom is 0.216 e. The Morgan fingerprint density at radius 2 is 2.29 bits per heavy atom. The number of ether oxygens (including phenoxy) is 1. The molecule has 21 heavy (non-hydrogen) atoms. The summed E-state index contributed by atoms with van der Waals surface area (Å²) in [6, 6.07) is 3.03. The second kappa shape index (κ2) is 6.58. The molecule has 0 unspecified atom stereocenters. The molecule has 0 aliphatic rings. The summed E-state index contributed by atoms with van der Waals surface area (Å²) in [5.74, 6) is -0.188. The first kappa shape index (κ1) is 15.3. The standard InChI is InChI=1S/C14H15ClFN3O2/c1-9(20)17-5-7-19-8-6-18-14(19)12-10(15)3-4-11(21-2)13(12)16/h3-4,6,8H,5,7H2,1-2H3,(H,17,20). The Morgan fingerprint density at radius 3 is 2.95 bits per heavy atom. The highest BCUT2D eigenvalue weighted by Gasteiger charge is 2.18. The second-order valence-electron chi connectivity index (χ2n) is 4.37. The summed E-state index contributed by atoms with van der Waals surface area (Å²) in [5, 5.41) is 2.93. The quantitative estimate of drug-likeness (QED) is 0.923. The van der Waals surface area contributed by atoms with Crippen LogP contribution in [0.15, 0.2) is 24.5 Å². The lowest BCUT2D eigenvalue weighted by atomic mass is 10.2. The van der Waals surface area contributed by atoms with E-state index >= 15 is 0 Å². The zero-order valence-electron chi connectivity index (χ0n) is 11.7. The highest BCUT2D eigenvalue weighted by molar-refractivity contribution is 6.33. The topological polar surface area (TPSA) is 56.1 Å². The van der Waals surface area contributed by atoms with Gasteiger partial charge in [0, 0.05) is 32.4 Å². The molecule has 0 bridgehead atoms. The van der Waals surface area contributed by atoms with E-state index in [1.54, 1.807) is 23.0 Å². The summed E-state index contributed by atoms with van der Waals surface area (Å²) in [6.45, 7) is 2.32. The number of halogens is 2. The first-order valence-electron chi connectivity index (χ1n) is 6.32. The number of rotatable bonds is 5. The predicted octanol–water partition coefficient (Wildman–Crippen LogP) is 2.49. The summed E-state index contributed by atoms with van der Waals surface area (Å²) in [6.07, 6.45) is 3.25. The van der Waals surface area contributed by atoms with Gasteiger partial charge in [0.15, 0.2) is 11.6 Å². The van der Waals surface area contributed by atoms with Crippen LogP contribution < -0.4 is 10.1 Å². The summed E-state index contributed by atoms with van der Waals surface area (Å²) in [7, 11) is 1.39. The molecule has 0 saturated heterocycles. The normalized spacial score (nSPS) is 10.5. The van der Waals surface area contributed by atoms with Crippen LogP contribution in [0.25, 0.3) is 11.4 Å². The fraction of sp³-hybridized carbons (Fsp3) is 0.286. The van der Waals surface area contributed by atoms with Gasteiger partial charge in [0.05, 0.1) is 17.7 Å². The molecule has 1 heterocycles. The van der Waals surface area contributed by atoms with Crippen molar-refractivity contribution in [3.05, 3.63) is 35.4 Å². The average molecular weight is 312 g/mol. The van der Waals surface area contributed by atoms with Crippen LogP contribution in [0.3, 0.4) is 0 Å². The molecule has 2 rings (SSSR count). The van der Waals surface area contributed by atoms with Crippen LogP contribution >= 0.6 is 11.6 Å². The van der Waals surface area contributed by atoms with Crippen molar-refractivity contribution in [3.8, 4) is 17.1 Å². The first-order chi connectivity index (χ1) is 10.0. The number of amides is 1. The van der Waals surface area contributed by atoms with Crippen LogP contribution in [0.4, 0.5) is 4.39 Å². The minimum atomic E-state index is -0.558. The van der Waals surface area contributed by atoms with Gasteiger partial charge in [-0.25, -0.2) is 9.37 Å². The van der Waals surface area contributed by atoms with Gasteiger partial charge in [-0.1, -0.05) is 11.6 Å². The van der Waals surface area contributed by atoms with Crippen LogP contribution in [0.2, 0.25) is 5.02 Å². The molecule has 1 aromatic heterocycles. The van der Waals surface area contributed by atoms with Crippen LogP contribution in [0.5, 0.6) is 5.75 Å². The number of benzene rings is 1. The van der Waals surface area contributed by atoms with E-state index in [1.807, 2.05) is 0 Å². The molecule has 5 nitrogen and oxygen atoms in total. The summed E-state index contributed by atoms with van der Waals surface area (Å²) >= 11 is 6.09. The highest BCUT2D eigenvalue weighted by Crippen LogP contribution is 2.34. The van der Waals surface area contributed by atoms with Gasteiger partial charge in [0.2, 0.25) is 5.91 Å². The van der Waals surface area contributed by atoms with Gasteiger partial charge in [-0.05, 0) is 12.1 Å². The molecule has 1 amide bonds. The third-order valence-electron chi connectivity index (χ3n) is 2.94. The van der Waals surface area contributed by atoms with E-state index in [1.165, 1.54) is 20.1 Å². The van der Waals surface area contributed by atoms with E-state index < -0.39 is 5.82 Å². The predicted molar refractivity (Wildman–Crippen MR) is 77.9 cm³/mol. The maximum atomic E-state index is 14.4. The van der Waals surface area contributed by atoms with Gasteiger partial charge in [0.25, 0.3) is 0 Å². The fourth-order valence-corrected chi connectivity index (χ4v) is 2.20. The number of carbonyl (C=O) groups is 1. The number of imidazole rings is 1. The lowest BCUT2D eigenvalue weighted by molar-refractivity contribution is -0.118. The Morgan fingerprint density at radius 1 is 1.52 bits per heavy atom. The summed E-state index contributed by atoms with van der Waals surface area (Å²) in [4.78, 5) is 15.0. The second-order valence-corrected chi connectivity index (χ2v) is 4.77. The zero-order chi connectivity index (χ0) is 15.4. The van der Waals surface area contributed by atoms with Crippen molar-refractivity contribution in [2.24, 2.45) is 0 Å². The van der Waals surface area contributed by atoms with Crippen LogP contribution in [0, 0.1) is 5.82 Å². The summed E-state index contributed by atoms with van der Waals surface area (Å²) < 4.78 is 21.1. The zero-order valence-corrected chi connectivity index (χ0v) is 12.4. The Labute approximate surface area is 126 Å². The first-order valence-corrected chi connectivity index (χ1v) is 6.70. The van der Waals surface area contributed by atoms with Crippen molar-refractivity contribution < 1.29 is 13.9 Å². The minimum Gasteiger partial charge on any atom is -0.494 e. The molecule has 0 atom stereocenters. The number of hydrogen-bond donors (Lipinski definition) is 1. The molecule has 1 aromatic carbocycles. The molecule has 0 aliphatic carbocycles. The smallest absolute Gasteiger partial charge is 0.216 e. The van der Waals surface area contributed by atoms with E-state index in [4.69, 9.17) is 16.3 Å². The lowest BCUT2D eigenvalue weighted by Gasteiger charge is -2.12. The number of nitrogens with one attached hydrogen (secondary N) is 1. The van der Waals surface area contributed by atoms with E-state index in [-0.39, 0.29) is 22.2 Å². The third kappa shape index (κ3) is 3.33. The molecule has 0 radical (unpaired) electrons. The number of hydrogen-bond acceptors (Lipinski definition) is 3. The molecule has 2 aromatic rings. The van der Waals surface area contributed by atoms with Crippen LogP contribution in [-0.2, 0) is 11.3 Å². The van der Waals surface area contributed by atoms with Crippen LogP contribution in [-0.4, -0.2) is 29.1 Å². The molecule has 1 N–H and O–H groups in total. The molecule has 0 fully saturated rings. The number of nitrogens with zero attached hydrogens (tertiary/aromatic N) is 2. The number of aromatic nitrogens is 2. The van der Waals surface area contributed by atoms with Gasteiger partial charge >= 0.3 is 0 Å². The molecule has 112 valence electrons. The molecular formula is C14H15ClFN3O2. The fourth-order valence-electron chi connectivity index (χ4n) is 1.97. The van der Waals surface area contributed by atoms with Crippen molar-refractivity contribution in [2.45, 2.75) is 13.5 Å². The monoisotopic (exact) mass is 311 g/mol. The Bertz CT molecular complexity index is 658. The molecule has 0 spiro atoms. The third-order valence-corrected chi connectivity index (χ3v) is 3.26. The van der Waals surface area contributed by atoms with Gasteiger partial charge in [-0.15, -0.1) is 0 Å². The maximum absolute atomic E-state index is 14.4. The lowest BCUT2D eigenvalue weighted by Crippen LogP contribution is -2.24. The van der Waals surface area contributed by atoms with Crippen molar-refractivity contribution in [2.75, 3.05) is 13.7 Å². The van der Waals surface area contributed by atoms with Crippen LogP contribution in [0.1, 0.15) is 6.92 Å².